The first-order valence-electron chi connectivity index (χ1n) is 7.40. The molecule has 1 saturated heterocycles. The van der Waals surface area contributed by atoms with E-state index in [2.05, 4.69) is 0 Å². The average molecular weight is 280 g/mol. The van der Waals surface area contributed by atoms with Crippen LogP contribution in [-0.2, 0) is 11.3 Å². The lowest BCUT2D eigenvalue weighted by molar-refractivity contribution is -0.108. The van der Waals surface area contributed by atoms with Crippen molar-refractivity contribution in [1.82, 2.24) is 0 Å². The summed E-state index contributed by atoms with van der Waals surface area (Å²) in [7, 11) is 0. The van der Waals surface area contributed by atoms with Crippen molar-refractivity contribution in [2.24, 2.45) is 0 Å². The molecule has 1 aliphatic heterocycles. The van der Waals surface area contributed by atoms with Crippen molar-refractivity contribution < 1.29 is 19.0 Å². The van der Waals surface area contributed by atoms with Crippen LogP contribution in [0.1, 0.15) is 44.1 Å². The third-order valence-corrected chi connectivity index (χ3v) is 4.38. The van der Waals surface area contributed by atoms with Gasteiger partial charge in [-0.25, -0.2) is 4.39 Å². The summed E-state index contributed by atoms with van der Waals surface area (Å²) in [6, 6.07) is 4.42. The van der Waals surface area contributed by atoms with E-state index in [1.165, 1.54) is 25.0 Å². The van der Waals surface area contributed by atoms with Crippen LogP contribution in [0, 0.1) is 5.82 Å². The summed E-state index contributed by atoms with van der Waals surface area (Å²) < 4.78 is 25.4. The van der Waals surface area contributed by atoms with Crippen LogP contribution >= 0.6 is 0 Å². The fourth-order valence-corrected chi connectivity index (χ4v) is 3.42. The molecule has 1 spiro atoms. The molecule has 3 nitrogen and oxygen atoms in total. The summed E-state index contributed by atoms with van der Waals surface area (Å²) >= 11 is 0. The van der Waals surface area contributed by atoms with Crippen LogP contribution in [0.25, 0.3) is 0 Å². The normalized spacial score (nSPS) is 25.0. The van der Waals surface area contributed by atoms with Crippen molar-refractivity contribution in [2.75, 3.05) is 6.61 Å². The SMILES string of the molecule is OCc1cc(F)cc(OC2CCOC3(CCCC3)C2)c1. The minimum absolute atomic E-state index is 0.00392. The van der Waals surface area contributed by atoms with Gasteiger partial charge in [-0.05, 0) is 30.5 Å². The van der Waals surface area contributed by atoms with Crippen molar-refractivity contribution in [3.63, 3.8) is 0 Å². The zero-order chi connectivity index (χ0) is 14.0. The highest BCUT2D eigenvalue weighted by Gasteiger charge is 2.40. The average Bonchev–Trinajstić information content (AvgIpc) is 2.86. The maximum absolute atomic E-state index is 13.4. The second kappa shape index (κ2) is 5.70. The maximum Gasteiger partial charge on any atom is 0.127 e. The van der Waals surface area contributed by atoms with Gasteiger partial charge in [-0.1, -0.05) is 12.8 Å². The Hall–Kier alpha value is -1.13. The van der Waals surface area contributed by atoms with Crippen LogP contribution in [0.3, 0.4) is 0 Å². The number of aliphatic hydroxyl groups excluding tert-OH is 1. The molecule has 1 unspecified atom stereocenters. The van der Waals surface area contributed by atoms with E-state index in [0.717, 1.165) is 25.7 Å². The molecule has 1 N–H and O–H groups in total. The number of halogens is 1. The first-order chi connectivity index (χ1) is 9.69. The summed E-state index contributed by atoms with van der Waals surface area (Å²) in [5, 5.41) is 9.12. The molecule has 0 amide bonds. The molecule has 20 heavy (non-hydrogen) atoms. The molecule has 3 rings (SSSR count). The van der Waals surface area contributed by atoms with E-state index in [0.29, 0.717) is 17.9 Å². The third kappa shape index (κ3) is 2.96. The van der Waals surface area contributed by atoms with Crippen LogP contribution in [0.5, 0.6) is 5.75 Å². The number of ether oxygens (including phenoxy) is 2. The van der Waals surface area contributed by atoms with E-state index in [1.54, 1.807) is 6.07 Å². The van der Waals surface area contributed by atoms with Gasteiger partial charge in [0, 0.05) is 18.9 Å². The number of hydrogen-bond acceptors (Lipinski definition) is 3. The first-order valence-corrected chi connectivity index (χ1v) is 7.40. The lowest BCUT2D eigenvalue weighted by Crippen LogP contribution is -2.41. The predicted octanol–water partition coefficient (Wildman–Crippen LogP) is 3.19. The van der Waals surface area contributed by atoms with Crippen LogP contribution in [-0.4, -0.2) is 23.4 Å². The molecule has 1 aliphatic carbocycles. The van der Waals surface area contributed by atoms with Gasteiger partial charge in [0.2, 0.25) is 0 Å². The monoisotopic (exact) mass is 280 g/mol. The fourth-order valence-electron chi connectivity index (χ4n) is 3.42. The predicted molar refractivity (Wildman–Crippen MR) is 73.1 cm³/mol. The molecular formula is C16H21FO3. The Morgan fingerprint density at radius 3 is 2.85 bits per heavy atom. The van der Waals surface area contributed by atoms with Crippen LogP contribution in [0.15, 0.2) is 18.2 Å². The lowest BCUT2D eigenvalue weighted by Gasteiger charge is -2.38. The summed E-state index contributed by atoms with van der Waals surface area (Å²) in [6.07, 6.45) is 6.47. The van der Waals surface area contributed by atoms with E-state index in [4.69, 9.17) is 14.6 Å². The number of aliphatic hydroxyl groups is 1. The molecule has 0 radical (unpaired) electrons. The van der Waals surface area contributed by atoms with E-state index in [9.17, 15) is 4.39 Å². The Morgan fingerprint density at radius 2 is 2.10 bits per heavy atom. The van der Waals surface area contributed by atoms with Gasteiger partial charge >= 0.3 is 0 Å². The minimum atomic E-state index is -0.366. The van der Waals surface area contributed by atoms with E-state index < -0.39 is 0 Å². The third-order valence-electron chi connectivity index (χ3n) is 4.38. The Morgan fingerprint density at radius 1 is 1.30 bits per heavy atom. The molecule has 4 heteroatoms. The number of rotatable bonds is 3. The Balaban J connectivity index is 1.69. The second-order valence-electron chi connectivity index (χ2n) is 5.92. The molecule has 2 fully saturated rings. The summed E-state index contributed by atoms with van der Waals surface area (Å²) in [4.78, 5) is 0. The minimum Gasteiger partial charge on any atom is -0.490 e. The Bertz CT molecular complexity index is 469. The summed E-state index contributed by atoms with van der Waals surface area (Å²) in [5.41, 5.74) is 0.540. The van der Waals surface area contributed by atoms with Crippen LogP contribution in [0.2, 0.25) is 0 Å². The molecule has 1 aromatic carbocycles. The fraction of sp³-hybridized carbons (Fsp3) is 0.625. The molecular weight excluding hydrogens is 259 g/mol. The van der Waals surface area contributed by atoms with Crippen molar-refractivity contribution in [3.05, 3.63) is 29.6 Å². The van der Waals surface area contributed by atoms with Gasteiger partial charge in [0.15, 0.2) is 0 Å². The second-order valence-corrected chi connectivity index (χ2v) is 5.92. The van der Waals surface area contributed by atoms with Gasteiger partial charge < -0.3 is 14.6 Å². The standard InChI is InChI=1S/C16H21FO3/c17-13-7-12(11-18)8-15(9-13)20-14-3-6-19-16(10-14)4-1-2-5-16/h7-9,14,18H,1-6,10-11H2. The van der Waals surface area contributed by atoms with E-state index in [1.807, 2.05) is 0 Å². The number of benzene rings is 1. The van der Waals surface area contributed by atoms with Crippen molar-refractivity contribution >= 4 is 0 Å². The van der Waals surface area contributed by atoms with Gasteiger partial charge in [-0.2, -0.15) is 0 Å². The van der Waals surface area contributed by atoms with Crippen molar-refractivity contribution in [2.45, 2.75) is 56.8 Å². The highest BCUT2D eigenvalue weighted by molar-refractivity contribution is 5.29. The lowest BCUT2D eigenvalue weighted by atomic mass is 9.90. The Labute approximate surface area is 118 Å². The maximum atomic E-state index is 13.4. The molecule has 1 saturated carbocycles. The molecule has 1 atom stereocenters. The van der Waals surface area contributed by atoms with Crippen molar-refractivity contribution in [3.8, 4) is 5.75 Å². The van der Waals surface area contributed by atoms with Gasteiger partial charge in [0.25, 0.3) is 0 Å². The van der Waals surface area contributed by atoms with Gasteiger partial charge in [0.05, 0.1) is 18.8 Å². The zero-order valence-corrected chi connectivity index (χ0v) is 11.6. The quantitative estimate of drug-likeness (QED) is 0.924. The van der Waals surface area contributed by atoms with E-state index in [-0.39, 0.29) is 24.1 Å². The van der Waals surface area contributed by atoms with Gasteiger partial charge in [0.1, 0.15) is 17.7 Å². The molecule has 110 valence electrons. The molecule has 0 bridgehead atoms. The molecule has 1 heterocycles. The number of hydrogen-bond donors (Lipinski definition) is 1. The van der Waals surface area contributed by atoms with Gasteiger partial charge in [-0.3, -0.25) is 0 Å². The van der Waals surface area contributed by atoms with Gasteiger partial charge in [-0.15, -0.1) is 0 Å². The molecule has 2 aliphatic rings. The smallest absolute Gasteiger partial charge is 0.127 e. The molecule has 0 aromatic heterocycles. The zero-order valence-electron chi connectivity index (χ0n) is 11.6. The van der Waals surface area contributed by atoms with E-state index >= 15 is 0 Å². The topological polar surface area (TPSA) is 38.7 Å². The van der Waals surface area contributed by atoms with Crippen molar-refractivity contribution in [1.29, 1.82) is 0 Å². The summed E-state index contributed by atoms with van der Waals surface area (Å²) in [6.45, 7) is 0.540. The largest absolute Gasteiger partial charge is 0.490 e. The highest BCUT2D eigenvalue weighted by Crippen LogP contribution is 2.41. The van der Waals surface area contributed by atoms with Crippen LogP contribution in [0.4, 0.5) is 4.39 Å². The summed E-state index contributed by atoms with van der Waals surface area (Å²) in [5.74, 6) is 0.142. The van der Waals surface area contributed by atoms with Crippen LogP contribution < -0.4 is 4.74 Å². The highest BCUT2D eigenvalue weighted by atomic mass is 19.1. The Kier molecular flexibility index (Phi) is 3.94. The first kappa shape index (κ1) is 13.8. The molecule has 1 aromatic rings.